The molecule has 1 rings (SSSR count). The summed E-state index contributed by atoms with van der Waals surface area (Å²) >= 11 is 1.22. The predicted molar refractivity (Wildman–Crippen MR) is 43.9 cm³/mol. The van der Waals surface area contributed by atoms with Gasteiger partial charge in [0.15, 0.2) is 0 Å². The molecular weight excluding hydrogens is 174 g/mol. The van der Waals surface area contributed by atoms with E-state index in [0.29, 0.717) is 10.4 Å². The van der Waals surface area contributed by atoms with Gasteiger partial charge in [-0.25, -0.2) is 4.79 Å². The molecule has 1 aromatic rings. The minimum atomic E-state index is -0.440. The summed E-state index contributed by atoms with van der Waals surface area (Å²) in [5.74, 6) is -0.440. The van der Waals surface area contributed by atoms with Crippen molar-refractivity contribution in [1.82, 2.24) is 0 Å². The molecule has 0 aliphatic heterocycles. The third-order valence-corrected chi connectivity index (χ3v) is 2.31. The molecule has 12 heavy (non-hydrogen) atoms. The Morgan fingerprint density at radius 3 is 2.83 bits per heavy atom. The van der Waals surface area contributed by atoms with Gasteiger partial charge in [0.1, 0.15) is 10.9 Å². The number of carbonyl (C=O) groups excluding carboxylic acids is 1. The highest BCUT2D eigenvalue weighted by atomic mass is 32.1. The van der Waals surface area contributed by atoms with Crippen LogP contribution in [0.3, 0.4) is 0 Å². The lowest BCUT2D eigenvalue weighted by Crippen LogP contribution is -1.97. The number of ether oxygens (including phenoxy) is 1. The van der Waals surface area contributed by atoms with Crippen LogP contribution < -0.4 is 0 Å². The monoisotopic (exact) mass is 180 g/mol. The Labute approximate surface area is 74.2 Å². The van der Waals surface area contributed by atoms with E-state index in [-0.39, 0.29) is 0 Å². The molecule has 1 heterocycles. The highest BCUT2D eigenvalue weighted by Crippen LogP contribution is 2.20. The van der Waals surface area contributed by atoms with Gasteiger partial charge in [-0.1, -0.05) is 0 Å². The number of esters is 1. The first-order valence-electron chi connectivity index (χ1n) is 3.20. The molecule has 3 nitrogen and oxygen atoms in total. The quantitative estimate of drug-likeness (QED) is 0.615. The molecule has 0 atom stereocenters. The summed E-state index contributed by atoms with van der Waals surface area (Å²) in [6, 6.07) is 4.61. The largest absolute Gasteiger partial charge is 0.465 e. The van der Waals surface area contributed by atoms with E-state index in [4.69, 9.17) is 5.26 Å². The zero-order valence-corrected chi connectivity index (χ0v) is 7.49. The van der Waals surface area contributed by atoms with Gasteiger partial charge in [-0.15, -0.1) is 11.3 Å². The average molecular weight is 180 g/mol. The number of aryl methyl sites for hydroxylation is 1. The second kappa shape index (κ2) is 3.37. The van der Waals surface area contributed by atoms with Crippen LogP contribution in [0.5, 0.6) is 0 Å². The molecule has 0 spiro atoms. The third-order valence-electron chi connectivity index (χ3n) is 1.33. The Bertz CT molecular complexity index is 348. The molecule has 0 aromatic carbocycles. The third kappa shape index (κ3) is 1.46. The maximum Gasteiger partial charge on any atom is 0.348 e. The average Bonchev–Trinajstić information content (AvgIpc) is 2.45. The lowest BCUT2D eigenvalue weighted by molar-refractivity contribution is 0.0606. The second-order valence-corrected chi connectivity index (χ2v) is 3.32. The summed E-state index contributed by atoms with van der Waals surface area (Å²) in [6.07, 6.45) is 0. The first-order valence-corrected chi connectivity index (χ1v) is 4.01. The summed E-state index contributed by atoms with van der Waals surface area (Å²) in [5, 5.41) is 8.56. The standard InChI is InChI=1S/C8H6NO2S/c1-5-6(4-9)3-7(12-5)8(10)11-2/h1-2H3. The normalized spacial score (nSPS) is 9.08. The van der Waals surface area contributed by atoms with Crippen molar-refractivity contribution in [2.24, 2.45) is 0 Å². The highest BCUT2D eigenvalue weighted by molar-refractivity contribution is 7.14. The van der Waals surface area contributed by atoms with Crippen molar-refractivity contribution in [3.63, 3.8) is 0 Å². The summed E-state index contributed by atoms with van der Waals surface area (Å²) in [5.41, 5.74) is 0.417. The van der Waals surface area contributed by atoms with Gasteiger partial charge >= 0.3 is 5.97 Å². The molecule has 1 aromatic heterocycles. The number of methoxy groups -OCH3 is 1. The van der Waals surface area contributed by atoms with Crippen LogP contribution in [0.15, 0.2) is 0 Å². The van der Waals surface area contributed by atoms with E-state index in [0.717, 1.165) is 4.88 Å². The number of carbonyl (C=O) groups is 1. The van der Waals surface area contributed by atoms with E-state index in [1.54, 1.807) is 6.92 Å². The molecule has 0 saturated heterocycles. The van der Waals surface area contributed by atoms with Crippen LogP contribution in [-0.4, -0.2) is 13.1 Å². The van der Waals surface area contributed by atoms with Crippen LogP contribution in [0.2, 0.25) is 0 Å². The van der Waals surface area contributed by atoms with E-state index in [2.05, 4.69) is 10.8 Å². The molecular formula is C8H6NO2S. The Morgan fingerprint density at radius 1 is 1.75 bits per heavy atom. The maximum absolute atomic E-state index is 10.9. The molecule has 0 fully saturated rings. The van der Waals surface area contributed by atoms with Gasteiger partial charge in [-0.05, 0) is 6.92 Å². The lowest BCUT2D eigenvalue weighted by Gasteiger charge is -1.90. The second-order valence-electron chi connectivity index (χ2n) is 2.09. The van der Waals surface area contributed by atoms with E-state index < -0.39 is 5.97 Å². The number of thiophene rings is 1. The predicted octanol–water partition coefficient (Wildman–Crippen LogP) is 1.51. The first-order chi connectivity index (χ1) is 5.69. The fourth-order valence-corrected chi connectivity index (χ4v) is 1.55. The van der Waals surface area contributed by atoms with Gasteiger partial charge in [0, 0.05) is 10.9 Å². The maximum atomic E-state index is 10.9. The van der Waals surface area contributed by atoms with Crippen molar-refractivity contribution >= 4 is 17.3 Å². The Morgan fingerprint density at radius 2 is 2.42 bits per heavy atom. The van der Waals surface area contributed by atoms with Crippen LogP contribution >= 0.6 is 11.3 Å². The van der Waals surface area contributed by atoms with E-state index in [1.807, 2.05) is 6.07 Å². The molecule has 1 radical (unpaired) electrons. The minimum Gasteiger partial charge on any atom is -0.465 e. The summed E-state index contributed by atoms with van der Waals surface area (Å²) < 4.78 is 4.48. The van der Waals surface area contributed by atoms with Gasteiger partial charge in [0.2, 0.25) is 0 Å². The molecule has 4 heteroatoms. The SMILES string of the molecule is COC(=O)c1[c]c(C#N)c(C)s1. The van der Waals surface area contributed by atoms with Crippen molar-refractivity contribution in [3.8, 4) is 6.07 Å². The smallest absolute Gasteiger partial charge is 0.348 e. The summed E-state index contributed by atoms with van der Waals surface area (Å²) in [4.78, 5) is 12.1. The fourth-order valence-electron chi connectivity index (χ4n) is 0.723. The van der Waals surface area contributed by atoms with E-state index in [1.165, 1.54) is 18.4 Å². The molecule has 0 bridgehead atoms. The fraction of sp³-hybridized carbons (Fsp3) is 0.250. The van der Waals surface area contributed by atoms with Crippen LogP contribution in [0.4, 0.5) is 0 Å². The molecule has 61 valence electrons. The molecule has 0 N–H and O–H groups in total. The number of nitriles is 1. The van der Waals surface area contributed by atoms with Crippen LogP contribution in [0.25, 0.3) is 0 Å². The zero-order chi connectivity index (χ0) is 9.14. The Kier molecular flexibility index (Phi) is 2.46. The zero-order valence-electron chi connectivity index (χ0n) is 6.67. The molecule has 0 saturated carbocycles. The molecule has 0 aliphatic carbocycles. The van der Waals surface area contributed by atoms with Gasteiger partial charge in [-0.2, -0.15) is 5.26 Å². The van der Waals surface area contributed by atoms with Crippen LogP contribution in [0, 0.1) is 24.3 Å². The van der Waals surface area contributed by atoms with Crippen molar-refractivity contribution in [2.45, 2.75) is 6.92 Å². The lowest BCUT2D eigenvalue weighted by atomic mass is 10.3. The molecule has 0 aliphatic rings. The van der Waals surface area contributed by atoms with Gasteiger partial charge in [-0.3, -0.25) is 0 Å². The number of hydrogen-bond donors (Lipinski definition) is 0. The number of nitrogens with zero attached hydrogens (tertiary/aromatic N) is 1. The van der Waals surface area contributed by atoms with Crippen molar-refractivity contribution in [1.29, 1.82) is 5.26 Å². The summed E-state index contributed by atoms with van der Waals surface area (Å²) in [6.45, 7) is 1.77. The topological polar surface area (TPSA) is 50.1 Å². The summed E-state index contributed by atoms with van der Waals surface area (Å²) in [7, 11) is 1.30. The van der Waals surface area contributed by atoms with Crippen molar-refractivity contribution in [2.75, 3.05) is 7.11 Å². The van der Waals surface area contributed by atoms with Gasteiger partial charge in [0.05, 0.1) is 12.7 Å². The Hall–Kier alpha value is -1.34. The van der Waals surface area contributed by atoms with Crippen molar-refractivity contribution in [3.05, 3.63) is 21.4 Å². The Balaban J connectivity index is 3.07. The van der Waals surface area contributed by atoms with E-state index >= 15 is 0 Å². The number of hydrogen-bond acceptors (Lipinski definition) is 4. The first kappa shape index (κ1) is 8.75. The van der Waals surface area contributed by atoms with Crippen molar-refractivity contribution < 1.29 is 9.53 Å². The molecule has 0 amide bonds. The minimum absolute atomic E-state index is 0.353. The number of rotatable bonds is 1. The highest BCUT2D eigenvalue weighted by Gasteiger charge is 2.12. The van der Waals surface area contributed by atoms with Gasteiger partial charge < -0.3 is 4.74 Å². The van der Waals surface area contributed by atoms with Crippen LogP contribution in [0.1, 0.15) is 20.1 Å². The van der Waals surface area contributed by atoms with E-state index in [9.17, 15) is 4.79 Å². The van der Waals surface area contributed by atoms with Gasteiger partial charge in [0.25, 0.3) is 0 Å². The van der Waals surface area contributed by atoms with Crippen LogP contribution in [-0.2, 0) is 4.74 Å². The molecule has 0 unspecified atom stereocenters.